The highest BCUT2D eigenvalue weighted by Gasteiger charge is 2.56. The van der Waals surface area contributed by atoms with E-state index in [1.165, 1.54) is 0 Å². The van der Waals surface area contributed by atoms with Crippen LogP contribution in [0.4, 0.5) is 18.9 Å². The molecule has 0 unspecified atom stereocenters. The highest BCUT2D eigenvalue weighted by Crippen LogP contribution is 2.48. The van der Waals surface area contributed by atoms with E-state index >= 15 is 0 Å². The van der Waals surface area contributed by atoms with Crippen LogP contribution in [0.5, 0.6) is 0 Å². The average molecular weight is 460 g/mol. The average Bonchev–Trinajstić information content (AvgIpc) is 3.04. The summed E-state index contributed by atoms with van der Waals surface area (Å²) in [5.41, 5.74) is -0.738. The summed E-state index contributed by atoms with van der Waals surface area (Å²) in [4.78, 5) is 4.20. The third-order valence-corrected chi connectivity index (χ3v) is 6.98. The van der Waals surface area contributed by atoms with Crippen molar-refractivity contribution < 1.29 is 13.2 Å². The molecule has 0 saturated carbocycles. The zero-order valence-electron chi connectivity index (χ0n) is 14.4. The van der Waals surface area contributed by atoms with Gasteiger partial charge in [-0.15, -0.1) is 11.3 Å². The molecule has 4 aromatic rings. The quantitative estimate of drug-likeness (QED) is 0.278. The van der Waals surface area contributed by atoms with Crippen molar-refractivity contribution in [2.75, 3.05) is 0 Å². The number of halogens is 4. The highest BCUT2D eigenvalue weighted by molar-refractivity contribution is 9.10. The van der Waals surface area contributed by atoms with E-state index in [2.05, 4.69) is 20.9 Å². The predicted octanol–water partition coefficient (Wildman–Crippen LogP) is 7.58. The number of nitrogens with zero attached hydrogens (tertiary/aromatic N) is 1. The molecule has 1 aliphatic heterocycles. The van der Waals surface area contributed by atoms with Crippen LogP contribution in [0.15, 0.2) is 70.1 Å². The minimum atomic E-state index is -4.46. The standard InChI is InChI=1S/C22H13BrF3NS/c23-15-6-7-18-13(9-15)11-21(12-27-18,22(24,25)26)14-5-8-20-17(10-14)16-3-1-2-4-19(16)28-20/h1-10,12H,11H2/t21-/m0/s1. The Hall–Kier alpha value is -2.18. The van der Waals surface area contributed by atoms with Gasteiger partial charge in [0.2, 0.25) is 0 Å². The Morgan fingerprint density at radius 1 is 0.929 bits per heavy atom. The molecule has 0 saturated heterocycles. The van der Waals surface area contributed by atoms with Crippen molar-refractivity contribution in [2.45, 2.75) is 18.0 Å². The number of rotatable bonds is 1. The largest absolute Gasteiger partial charge is 0.403 e. The first kappa shape index (κ1) is 17.9. The van der Waals surface area contributed by atoms with Crippen molar-refractivity contribution in [3.63, 3.8) is 0 Å². The van der Waals surface area contributed by atoms with Gasteiger partial charge in [-0.05, 0) is 53.9 Å². The Morgan fingerprint density at radius 2 is 1.71 bits per heavy atom. The van der Waals surface area contributed by atoms with Gasteiger partial charge in [0.15, 0.2) is 0 Å². The van der Waals surface area contributed by atoms with Gasteiger partial charge in [-0.3, -0.25) is 4.99 Å². The molecule has 1 nitrogen and oxygen atoms in total. The van der Waals surface area contributed by atoms with Crippen molar-refractivity contribution >= 4 is 59.3 Å². The van der Waals surface area contributed by atoms with Crippen molar-refractivity contribution in [3.05, 3.63) is 76.3 Å². The van der Waals surface area contributed by atoms with E-state index in [1.807, 2.05) is 24.3 Å². The molecule has 3 aromatic carbocycles. The maximum absolute atomic E-state index is 14.4. The molecule has 0 amide bonds. The van der Waals surface area contributed by atoms with Crippen LogP contribution < -0.4 is 0 Å². The number of aliphatic imine (C=N–C) groups is 1. The fourth-order valence-electron chi connectivity index (χ4n) is 3.86. The Bertz CT molecular complexity index is 1260. The summed E-state index contributed by atoms with van der Waals surface area (Å²) in [6.07, 6.45) is -3.54. The molecular formula is C22H13BrF3NS. The van der Waals surface area contributed by atoms with Crippen LogP contribution >= 0.6 is 27.3 Å². The smallest absolute Gasteiger partial charge is 0.260 e. The van der Waals surface area contributed by atoms with Crippen LogP contribution in [-0.2, 0) is 11.8 Å². The molecule has 1 aromatic heterocycles. The van der Waals surface area contributed by atoms with E-state index in [9.17, 15) is 13.2 Å². The molecule has 0 fully saturated rings. The number of hydrogen-bond acceptors (Lipinski definition) is 2. The van der Waals surface area contributed by atoms with E-state index < -0.39 is 11.6 Å². The second-order valence-corrected chi connectivity index (χ2v) is 8.99. The summed E-state index contributed by atoms with van der Waals surface area (Å²) < 4.78 is 46.1. The second-order valence-electron chi connectivity index (χ2n) is 6.99. The third kappa shape index (κ3) is 2.62. The van der Waals surface area contributed by atoms with Crippen LogP contribution in [0.25, 0.3) is 20.2 Å². The zero-order valence-corrected chi connectivity index (χ0v) is 16.8. The number of thiophene rings is 1. The van der Waals surface area contributed by atoms with Crippen molar-refractivity contribution in [3.8, 4) is 0 Å². The number of benzene rings is 3. The third-order valence-electron chi connectivity index (χ3n) is 5.33. The lowest BCUT2D eigenvalue weighted by Crippen LogP contribution is -2.47. The molecule has 0 bridgehead atoms. The van der Waals surface area contributed by atoms with Crippen molar-refractivity contribution in [1.82, 2.24) is 0 Å². The van der Waals surface area contributed by atoms with Gasteiger partial charge < -0.3 is 0 Å². The Kier molecular flexibility index (Phi) is 3.93. The molecule has 0 aliphatic carbocycles. The van der Waals surface area contributed by atoms with E-state index in [0.717, 1.165) is 30.9 Å². The molecule has 140 valence electrons. The summed E-state index contributed by atoms with van der Waals surface area (Å²) in [6, 6.07) is 18.2. The van der Waals surface area contributed by atoms with Crippen LogP contribution in [0, 0.1) is 0 Å². The van der Waals surface area contributed by atoms with Crippen LogP contribution in [0.3, 0.4) is 0 Å². The Balaban J connectivity index is 1.75. The van der Waals surface area contributed by atoms with E-state index in [4.69, 9.17) is 0 Å². The second kappa shape index (κ2) is 6.16. The fourth-order valence-corrected chi connectivity index (χ4v) is 5.36. The normalized spacial score (nSPS) is 19.3. The molecule has 2 heterocycles. The first-order valence-corrected chi connectivity index (χ1v) is 10.3. The minimum absolute atomic E-state index is 0.164. The van der Waals surface area contributed by atoms with Crippen LogP contribution in [0.1, 0.15) is 11.1 Å². The van der Waals surface area contributed by atoms with Crippen molar-refractivity contribution in [1.29, 1.82) is 0 Å². The van der Waals surface area contributed by atoms with E-state index in [1.54, 1.807) is 47.7 Å². The molecule has 5 rings (SSSR count). The SMILES string of the molecule is FC(F)(F)[C@]1(c2ccc3sc4ccccc4c3c2)C=Nc2ccc(Br)cc2C1. The predicted molar refractivity (Wildman–Crippen MR) is 113 cm³/mol. The summed E-state index contributed by atoms with van der Waals surface area (Å²) in [5.74, 6) is 0. The Labute approximate surface area is 171 Å². The minimum Gasteiger partial charge on any atom is -0.260 e. The lowest BCUT2D eigenvalue weighted by atomic mass is 9.74. The summed E-state index contributed by atoms with van der Waals surface area (Å²) >= 11 is 4.95. The molecule has 6 heteroatoms. The molecule has 0 N–H and O–H groups in total. The van der Waals surface area contributed by atoms with Gasteiger partial charge in [0, 0.05) is 30.9 Å². The molecule has 0 spiro atoms. The van der Waals surface area contributed by atoms with Crippen LogP contribution in [0.2, 0.25) is 0 Å². The van der Waals surface area contributed by atoms with Gasteiger partial charge in [-0.2, -0.15) is 13.2 Å². The topological polar surface area (TPSA) is 12.4 Å². The number of fused-ring (bicyclic) bond motifs is 4. The maximum Gasteiger partial charge on any atom is 0.403 e. The molecule has 1 atom stereocenters. The monoisotopic (exact) mass is 459 g/mol. The molecule has 0 radical (unpaired) electrons. The number of alkyl halides is 3. The molecule has 28 heavy (non-hydrogen) atoms. The highest BCUT2D eigenvalue weighted by atomic mass is 79.9. The molecular weight excluding hydrogens is 447 g/mol. The van der Waals surface area contributed by atoms with Gasteiger partial charge in [0.1, 0.15) is 5.41 Å². The summed E-state index contributed by atoms with van der Waals surface area (Å²) in [5, 5.41) is 1.84. The van der Waals surface area contributed by atoms with E-state index in [0.29, 0.717) is 11.3 Å². The van der Waals surface area contributed by atoms with E-state index in [-0.39, 0.29) is 12.0 Å². The first-order valence-electron chi connectivity index (χ1n) is 8.70. The maximum atomic E-state index is 14.4. The summed E-state index contributed by atoms with van der Waals surface area (Å²) in [6.45, 7) is 0. The zero-order chi connectivity index (χ0) is 19.5. The lowest BCUT2D eigenvalue weighted by molar-refractivity contribution is -0.168. The Morgan fingerprint density at radius 3 is 2.54 bits per heavy atom. The lowest BCUT2D eigenvalue weighted by Gasteiger charge is -2.35. The summed E-state index contributed by atoms with van der Waals surface area (Å²) in [7, 11) is 0. The van der Waals surface area contributed by atoms with Gasteiger partial charge in [-0.1, -0.05) is 40.2 Å². The van der Waals surface area contributed by atoms with Crippen molar-refractivity contribution in [2.24, 2.45) is 4.99 Å². The molecule has 1 aliphatic rings. The van der Waals surface area contributed by atoms with Gasteiger partial charge in [0.05, 0.1) is 5.69 Å². The van der Waals surface area contributed by atoms with Crippen LogP contribution in [-0.4, -0.2) is 12.4 Å². The number of hydrogen-bond donors (Lipinski definition) is 0. The van der Waals surface area contributed by atoms with Gasteiger partial charge >= 0.3 is 6.18 Å². The fraction of sp³-hybridized carbons (Fsp3) is 0.136. The first-order chi connectivity index (χ1) is 13.4. The van der Waals surface area contributed by atoms with Gasteiger partial charge in [0.25, 0.3) is 0 Å². The van der Waals surface area contributed by atoms with Gasteiger partial charge in [-0.25, -0.2) is 0 Å².